The number of aromatic hydroxyl groups is 1. The number of phenols is 1. The molecular formula is C12H19ClN2O3S. The van der Waals surface area contributed by atoms with Gasteiger partial charge in [0, 0.05) is 6.54 Å². The fraction of sp³-hybridized carbons (Fsp3) is 0.500. The zero-order valence-corrected chi connectivity index (χ0v) is 13.0. The minimum atomic E-state index is -3.82. The van der Waals surface area contributed by atoms with Crippen LogP contribution in [0.1, 0.15) is 13.8 Å². The SMILES string of the molecule is CN(C)CC(C)(C)S(=O)(=O)c1c(Cl)ccc(N)c1O. The van der Waals surface area contributed by atoms with E-state index in [1.165, 1.54) is 12.1 Å². The largest absolute Gasteiger partial charge is 0.504 e. The van der Waals surface area contributed by atoms with Crippen molar-refractivity contribution in [2.24, 2.45) is 0 Å². The van der Waals surface area contributed by atoms with Gasteiger partial charge >= 0.3 is 0 Å². The van der Waals surface area contributed by atoms with E-state index >= 15 is 0 Å². The van der Waals surface area contributed by atoms with Gasteiger partial charge in [-0.15, -0.1) is 0 Å². The van der Waals surface area contributed by atoms with E-state index in [2.05, 4.69) is 0 Å². The monoisotopic (exact) mass is 306 g/mol. The van der Waals surface area contributed by atoms with Crippen LogP contribution in [0.25, 0.3) is 0 Å². The molecule has 108 valence electrons. The predicted molar refractivity (Wildman–Crippen MR) is 77.3 cm³/mol. The number of benzene rings is 1. The number of anilines is 1. The van der Waals surface area contributed by atoms with Crippen LogP contribution in [-0.4, -0.2) is 43.8 Å². The average molecular weight is 307 g/mol. The Morgan fingerprint density at radius 2 is 1.89 bits per heavy atom. The van der Waals surface area contributed by atoms with Gasteiger partial charge in [-0.25, -0.2) is 8.42 Å². The van der Waals surface area contributed by atoms with Crippen molar-refractivity contribution in [1.82, 2.24) is 4.90 Å². The summed E-state index contributed by atoms with van der Waals surface area (Å²) >= 11 is 5.92. The maximum absolute atomic E-state index is 12.7. The molecule has 3 N–H and O–H groups in total. The Morgan fingerprint density at radius 1 is 1.37 bits per heavy atom. The molecule has 0 unspecified atom stereocenters. The molecule has 0 aliphatic heterocycles. The molecule has 1 aromatic rings. The van der Waals surface area contributed by atoms with E-state index in [1.54, 1.807) is 32.8 Å². The van der Waals surface area contributed by atoms with E-state index in [0.717, 1.165) is 0 Å². The Balaban J connectivity index is 3.48. The highest BCUT2D eigenvalue weighted by Gasteiger charge is 2.39. The molecule has 0 aliphatic carbocycles. The summed E-state index contributed by atoms with van der Waals surface area (Å²) in [5.74, 6) is -0.487. The lowest BCUT2D eigenvalue weighted by Crippen LogP contribution is -2.41. The van der Waals surface area contributed by atoms with Gasteiger partial charge in [0.1, 0.15) is 4.90 Å². The number of hydrogen-bond donors (Lipinski definition) is 2. The third-order valence-corrected chi connectivity index (χ3v) is 5.77. The molecule has 0 fully saturated rings. The average Bonchev–Trinajstić information content (AvgIpc) is 2.21. The van der Waals surface area contributed by atoms with Crippen molar-refractivity contribution in [3.8, 4) is 5.75 Å². The number of sulfone groups is 1. The molecular weight excluding hydrogens is 288 g/mol. The molecule has 0 atom stereocenters. The van der Waals surface area contributed by atoms with Crippen molar-refractivity contribution in [3.05, 3.63) is 17.2 Å². The van der Waals surface area contributed by atoms with Crippen LogP contribution in [0.15, 0.2) is 17.0 Å². The molecule has 0 heterocycles. The van der Waals surface area contributed by atoms with Crippen LogP contribution >= 0.6 is 11.6 Å². The number of phenolic OH excluding ortho intramolecular Hbond substituents is 1. The normalized spacial score (nSPS) is 12.9. The second-order valence-electron chi connectivity index (χ2n) is 5.32. The summed E-state index contributed by atoms with van der Waals surface area (Å²) in [7, 11) is -0.269. The zero-order chi connectivity index (χ0) is 15.0. The van der Waals surface area contributed by atoms with Crippen LogP contribution in [0, 0.1) is 0 Å². The second kappa shape index (κ2) is 5.19. The Labute approximate surface area is 118 Å². The lowest BCUT2D eigenvalue weighted by atomic mass is 10.2. The van der Waals surface area contributed by atoms with Gasteiger partial charge in [-0.3, -0.25) is 0 Å². The van der Waals surface area contributed by atoms with Crippen molar-refractivity contribution < 1.29 is 13.5 Å². The standard InChI is InChI=1S/C12H19ClN2O3S/c1-12(2,7-15(3)4)19(17,18)11-8(13)5-6-9(14)10(11)16/h5-6,16H,7,14H2,1-4H3. The third-order valence-electron chi connectivity index (χ3n) is 2.81. The Morgan fingerprint density at radius 3 is 2.37 bits per heavy atom. The Kier molecular flexibility index (Phi) is 4.39. The fourth-order valence-corrected chi connectivity index (χ4v) is 4.08. The highest BCUT2D eigenvalue weighted by Crippen LogP contribution is 2.40. The van der Waals surface area contributed by atoms with Gasteiger partial charge < -0.3 is 15.7 Å². The summed E-state index contributed by atoms with van der Waals surface area (Å²) in [6.07, 6.45) is 0. The number of halogens is 1. The number of nitrogens with two attached hydrogens (primary N) is 1. The summed E-state index contributed by atoms with van der Waals surface area (Å²) < 4.78 is 24.2. The van der Waals surface area contributed by atoms with Gasteiger partial charge in [-0.2, -0.15) is 0 Å². The van der Waals surface area contributed by atoms with Crippen LogP contribution in [-0.2, 0) is 9.84 Å². The van der Waals surface area contributed by atoms with Crippen LogP contribution in [0.2, 0.25) is 5.02 Å². The summed E-state index contributed by atoms with van der Waals surface area (Å²) in [5, 5.41) is 9.88. The van der Waals surface area contributed by atoms with E-state index < -0.39 is 20.3 Å². The molecule has 7 heteroatoms. The predicted octanol–water partition coefficient (Wildman–Crippen LogP) is 1.74. The number of nitrogens with zero attached hydrogens (tertiary/aromatic N) is 1. The lowest BCUT2D eigenvalue weighted by Gasteiger charge is -2.28. The molecule has 0 spiro atoms. The van der Waals surface area contributed by atoms with E-state index in [1.807, 2.05) is 0 Å². The smallest absolute Gasteiger partial charge is 0.189 e. The second-order valence-corrected chi connectivity index (χ2v) is 8.24. The molecule has 1 aromatic carbocycles. The van der Waals surface area contributed by atoms with Gasteiger partial charge in [0.15, 0.2) is 15.6 Å². The summed E-state index contributed by atoms with van der Waals surface area (Å²) in [5.41, 5.74) is 5.54. The topological polar surface area (TPSA) is 83.6 Å². The first-order valence-corrected chi connectivity index (χ1v) is 7.53. The number of hydrogen-bond acceptors (Lipinski definition) is 5. The van der Waals surface area contributed by atoms with Crippen molar-refractivity contribution >= 4 is 27.1 Å². The lowest BCUT2D eigenvalue weighted by molar-refractivity contribution is 0.360. The Bertz CT molecular complexity index is 583. The van der Waals surface area contributed by atoms with Crippen LogP contribution in [0.4, 0.5) is 5.69 Å². The molecule has 0 radical (unpaired) electrons. The highest BCUT2D eigenvalue weighted by molar-refractivity contribution is 7.93. The first-order chi connectivity index (χ1) is 8.50. The van der Waals surface area contributed by atoms with Gasteiger partial charge in [0.25, 0.3) is 0 Å². The number of rotatable bonds is 4. The van der Waals surface area contributed by atoms with Crippen molar-refractivity contribution in [2.45, 2.75) is 23.5 Å². The molecule has 0 aliphatic rings. The van der Waals surface area contributed by atoms with E-state index in [0.29, 0.717) is 6.54 Å². The molecule has 0 bridgehead atoms. The van der Waals surface area contributed by atoms with Crippen molar-refractivity contribution in [2.75, 3.05) is 26.4 Å². The van der Waals surface area contributed by atoms with Crippen LogP contribution in [0.5, 0.6) is 5.75 Å². The maximum atomic E-state index is 12.7. The summed E-state index contributed by atoms with van der Waals surface area (Å²) in [6, 6.07) is 2.74. The molecule has 1 rings (SSSR count). The van der Waals surface area contributed by atoms with Gasteiger partial charge in [-0.1, -0.05) is 11.6 Å². The van der Waals surface area contributed by atoms with Crippen LogP contribution < -0.4 is 5.73 Å². The molecule has 0 saturated carbocycles. The van der Waals surface area contributed by atoms with Crippen molar-refractivity contribution in [3.63, 3.8) is 0 Å². The van der Waals surface area contributed by atoms with Gasteiger partial charge in [0.2, 0.25) is 0 Å². The van der Waals surface area contributed by atoms with E-state index in [-0.39, 0.29) is 15.6 Å². The minimum absolute atomic E-state index is 0.0105. The van der Waals surface area contributed by atoms with Crippen LogP contribution in [0.3, 0.4) is 0 Å². The molecule has 0 amide bonds. The Hall–Kier alpha value is -0.980. The maximum Gasteiger partial charge on any atom is 0.189 e. The van der Waals surface area contributed by atoms with Gasteiger partial charge in [0.05, 0.1) is 15.5 Å². The molecule has 0 saturated heterocycles. The molecule has 0 aromatic heterocycles. The first-order valence-electron chi connectivity index (χ1n) is 5.67. The van der Waals surface area contributed by atoms with Crippen molar-refractivity contribution in [1.29, 1.82) is 0 Å². The number of nitrogen functional groups attached to an aromatic ring is 1. The highest BCUT2D eigenvalue weighted by atomic mass is 35.5. The third kappa shape index (κ3) is 2.96. The molecule has 19 heavy (non-hydrogen) atoms. The fourth-order valence-electron chi connectivity index (χ4n) is 1.94. The zero-order valence-electron chi connectivity index (χ0n) is 11.4. The minimum Gasteiger partial charge on any atom is -0.504 e. The van der Waals surface area contributed by atoms with E-state index in [9.17, 15) is 13.5 Å². The quantitative estimate of drug-likeness (QED) is 0.654. The van der Waals surface area contributed by atoms with E-state index in [4.69, 9.17) is 17.3 Å². The molecule has 5 nitrogen and oxygen atoms in total. The summed E-state index contributed by atoms with van der Waals surface area (Å²) in [6.45, 7) is 3.46. The first kappa shape index (κ1) is 16.1. The summed E-state index contributed by atoms with van der Waals surface area (Å²) in [4.78, 5) is 1.45. The van der Waals surface area contributed by atoms with Gasteiger partial charge in [-0.05, 0) is 40.1 Å².